The van der Waals surface area contributed by atoms with Crippen molar-refractivity contribution in [1.29, 1.82) is 0 Å². The monoisotopic (exact) mass is 462 g/mol. The van der Waals surface area contributed by atoms with Crippen LogP contribution in [0, 0.1) is 10.1 Å². The lowest BCUT2D eigenvalue weighted by Crippen LogP contribution is -2.27. The minimum absolute atomic E-state index is 0.0656. The molecule has 0 saturated carbocycles. The summed E-state index contributed by atoms with van der Waals surface area (Å²) < 4.78 is 5.81. The number of benzene rings is 2. The number of carbonyl (C=O) groups excluding carboxylic acids is 1. The fourth-order valence-electron chi connectivity index (χ4n) is 2.74. The second-order valence-electron chi connectivity index (χ2n) is 6.00. The molecule has 1 amide bonds. The zero-order valence-electron chi connectivity index (χ0n) is 15.9. The first-order valence-corrected chi connectivity index (χ1v) is 11.2. The van der Waals surface area contributed by atoms with Crippen LogP contribution in [-0.4, -0.2) is 39.2 Å². The average molecular weight is 463 g/mol. The van der Waals surface area contributed by atoms with Crippen LogP contribution in [0.1, 0.15) is 12.5 Å². The molecule has 156 valence electrons. The maximum Gasteiger partial charge on any atom is 0.283 e. The number of nitro groups is 1. The van der Waals surface area contributed by atoms with Gasteiger partial charge in [0.1, 0.15) is 5.75 Å². The molecule has 0 spiro atoms. The van der Waals surface area contributed by atoms with Crippen molar-refractivity contribution in [3.8, 4) is 5.75 Å². The molecule has 7 nitrogen and oxygen atoms in total. The van der Waals surface area contributed by atoms with E-state index in [9.17, 15) is 14.9 Å². The number of aliphatic hydroxyl groups is 1. The molecular weight excluding hydrogens is 444 g/mol. The van der Waals surface area contributed by atoms with E-state index in [4.69, 9.17) is 22.1 Å². The summed E-state index contributed by atoms with van der Waals surface area (Å²) >= 11 is 7.73. The highest BCUT2D eigenvalue weighted by Crippen LogP contribution is 2.37. The van der Waals surface area contributed by atoms with Gasteiger partial charge in [-0.1, -0.05) is 30.0 Å². The minimum atomic E-state index is -0.470. The van der Waals surface area contributed by atoms with Crippen molar-refractivity contribution in [3.63, 3.8) is 0 Å². The van der Waals surface area contributed by atoms with Gasteiger partial charge in [0.25, 0.3) is 11.6 Å². The quantitative estimate of drug-likeness (QED) is 0.202. The lowest BCUT2D eigenvalue weighted by atomic mass is 10.2. The van der Waals surface area contributed by atoms with Crippen molar-refractivity contribution in [2.75, 3.05) is 23.9 Å². The first kappa shape index (κ1) is 22.3. The van der Waals surface area contributed by atoms with Gasteiger partial charge in [0.05, 0.1) is 33.6 Å². The van der Waals surface area contributed by atoms with E-state index in [1.165, 1.54) is 22.7 Å². The van der Waals surface area contributed by atoms with Gasteiger partial charge >= 0.3 is 0 Å². The third-order valence-corrected chi connectivity index (χ3v) is 6.37. The van der Waals surface area contributed by atoms with Crippen molar-refractivity contribution < 1.29 is 19.6 Å². The van der Waals surface area contributed by atoms with Gasteiger partial charge in [0.15, 0.2) is 4.32 Å². The summed E-state index contributed by atoms with van der Waals surface area (Å²) in [5, 5.41) is 20.4. The molecule has 1 aliphatic rings. The van der Waals surface area contributed by atoms with Crippen LogP contribution in [0.15, 0.2) is 52.3 Å². The lowest BCUT2D eigenvalue weighted by Gasteiger charge is -2.15. The summed E-state index contributed by atoms with van der Waals surface area (Å²) in [6.07, 6.45) is 1.60. The zero-order valence-corrected chi connectivity index (χ0v) is 18.4. The maximum atomic E-state index is 12.9. The molecule has 0 aromatic heterocycles. The van der Waals surface area contributed by atoms with E-state index in [1.807, 2.05) is 6.92 Å². The number of rotatable bonds is 8. The molecule has 0 bridgehead atoms. The van der Waals surface area contributed by atoms with Crippen LogP contribution >= 0.6 is 35.7 Å². The Kier molecular flexibility index (Phi) is 7.48. The highest BCUT2D eigenvalue weighted by atomic mass is 32.2. The molecule has 10 heteroatoms. The van der Waals surface area contributed by atoms with Crippen LogP contribution in [0.4, 0.5) is 11.4 Å². The number of ether oxygens (including phenoxy) is 1. The average Bonchev–Trinajstić information content (AvgIpc) is 3.00. The second kappa shape index (κ2) is 10.1. The molecule has 30 heavy (non-hydrogen) atoms. The Morgan fingerprint density at radius 1 is 1.30 bits per heavy atom. The SMILES string of the molecule is CCOc1ccc(N2C(=O)C(=Cc3ccc(SCCO)c([N+](=O)[O-])c3)SC2=S)cc1. The number of carbonyl (C=O) groups is 1. The molecule has 1 heterocycles. The van der Waals surface area contributed by atoms with E-state index >= 15 is 0 Å². The Morgan fingerprint density at radius 2 is 2.03 bits per heavy atom. The number of nitro benzene ring substituents is 1. The summed E-state index contributed by atoms with van der Waals surface area (Å²) in [5.41, 5.74) is 1.09. The lowest BCUT2D eigenvalue weighted by molar-refractivity contribution is -0.387. The van der Waals surface area contributed by atoms with Crippen molar-refractivity contribution in [3.05, 3.63) is 63.0 Å². The van der Waals surface area contributed by atoms with E-state index in [2.05, 4.69) is 0 Å². The third-order valence-electron chi connectivity index (χ3n) is 4.03. The molecule has 1 fully saturated rings. The molecule has 0 aliphatic carbocycles. The van der Waals surface area contributed by atoms with Crippen LogP contribution in [0.2, 0.25) is 0 Å². The van der Waals surface area contributed by atoms with Crippen LogP contribution in [0.3, 0.4) is 0 Å². The highest BCUT2D eigenvalue weighted by molar-refractivity contribution is 8.27. The minimum Gasteiger partial charge on any atom is -0.494 e. The number of amides is 1. The predicted octanol–water partition coefficient (Wildman–Crippen LogP) is 4.48. The fraction of sp³-hybridized carbons (Fsp3) is 0.200. The van der Waals surface area contributed by atoms with Crippen molar-refractivity contribution >= 4 is 63.4 Å². The summed E-state index contributed by atoms with van der Waals surface area (Å²) in [6, 6.07) is 11.8. The topological polar surface area (TPSA) is 92.9 Å². The molecule has 0 radical (unpaired) electrons. The zero-order chi connectivity index (χ0) is 21.7. The first-order chi connectivity index (χ1) is 14.4. The number of aliphatic hydroxyl groups excluding tert-OH is 1. The predicted molar refractivity (Wildman–Crippen MR) is 124 cm³/mol. The smallest absolute Gasteiger partial charge is 0.283 e. The van der Waals surface area contributed by atoms with Crippen LogP contribution in [0.5, 0.6) is 5.75 Å². The third kappa shape index (κ3) is 5.01. The Hall–Kier alpha value is -2.40. The van der Waals surface area contributed by atoms with E-state index in [1.54, 1.807) is 42.5 Å². The number of thioether (sulfide) groups is 2. The van der Waals surface area contributed by atoms with Gasteiger partial charge in [-0.05, 0) is 48.9 Å². The summed E-state index contributed by atoms with van der Waals surface area (Å²) in [5.74, 6) is 0.783. The molecule has 0 unspecified atom stereocenters. The maximum absolute atomic E-state index is 12.9. The summed E-state index contributed by atoms with van der Waals surface area (Å²) in [6.45, 7) is 2.37. The number of hydrogen-bond donors (Lipinski definition) is 1. The summed E-state index contributed by atoms with van der Waals surface area (Å²) in [4.78, 5) is 26.1. The number of hydrogen-bond acceptors (Lipinski definition) is 8. The summed E-state index contributed by atoms with van der Waals surface area (Å²) in [7, 11) is 0. The largest absolute Gasteiger partial charge is 0.494 e. The van der Waals surface area contributed by atoms with Crippen LogP contribution in [-0.2, 0) is 4.79 Å². The molecular formula is C20H18N2O5S3. The standard InChI is InChI=1S/C20H18N2O5S3/c1-2-27-15-6-4-14(5-7-15)21-19(24)18(30-20(21)28)12-13-3-8-17(29-10-9-23)16(11-13)22(25)26/h3-8,11-12,23H,2,9-10H2,1H3. The Morgan fingerprint density at radius 3 is 2.67 bits per heavy atom. The van der Waals surface area contributed by atoms with Crippen LogP contribution in [0.25, 0.3) is 6.08 Å². The number of nitrogens with zero attached hydrogens (tertiary/aromatic N) is 2. The van der Waals surface area contributed by atoms with Crippen molar-refractivity contribution in [1.82, 2.24) is 0 Å². The second-order valence-corrected chi connectivity index (χ2v) is 8.81. The van der Waals surface area contributed by atoms with Gasteiger partial charge in [-0.2, -0.15) is 0 Å². The number of thiocarbonyl (C=S) groups is 1. The van der Waals surface area contributed by atoms with Crippen molar-refractivity contribution in [2.24, 2.45) is 0 Å². The van der Waals surface area contributed by atoms with Gasteiger partial charge in [0.2, 0.25) is 0 Å². The normalized spacial score (nSPS) is 15.1. The van der Waals surface area contributed by atoms with Gasteiger partial charge < -0.3 is 9.84 Å². The van der Waals surface area contributed by atoms with E-state index < -0.39 is 4.92 Å². The molecule has 2 aromatic rings. The van der Waals surface area contributed by atoms with Crippen LogP contribution < -0.4 is 9.64 Å². The molecule has 0 atom stereocenters. The van der Waals surface area contributed by atoms with Gasteiger partial charge in [0, 0.05) is 11.8 Å². The Labute approximate surface area is 187 Å². The van der Waals surface area contributed by atoms with Crippen molar-refractivity contribution in [2.45, 2.75) is 11.8 Å². The Bertz CT molecular complexity index is 1010. The molecule has 3 rings (SSSR count). The van der Waals surface area contributed by atoms with E-state index in [-0.39, 0.29) is 18.2 Å². The van der Waals surface area contributed by atoms with Gasteiger partial charge in [-0.25, -0.2) is 0 Å². The molecule has 1 saturated heterocycles. The molecule has 1 N–H and O–H groups in total. The van der Waals surface area contributed by atoms with E-state index in [0.717, 1.165) is 11.8 Å². The van der Waals surface area contributed by atoms with Gasteiger partial charge in [-0.15, -0.1) is 11.8 Å². The Balaban J connectivity index is 1.86. The fourth-order valence-corrected chi connectivity index (χ4v) is 4.80. The van der Waals surface area contributed by atoms with E-state index in [0.29, 0.717) is 43.5 Å². The first-order valence-electron chi connectivity index (χ1n) is 8.97. The van der Waals surface area contributed by atoms with Gasteiger partial charge in [-0.3, -0.25) is 19.8 Å². The number of anilines is 1. The molecule has 1 aliphatic heterocycles. The highest BCUT2D eigenvalue weighted by Gasteiger charge is 2.33. The molecule has 2 aromatic carbocycles.